The third-order valence-corrected chi connectivity index (χ3v) is 6.77. The highest BCUT2D eigenvalue weighted by Crippen LogP contribution is 2.45. The molecule has 0 spiro atoms. The van der Waals surface area contributed by atoms with E-state index in [1.165, 1.54) is 0 Å². The van der Waals surface area contributed by atoms with Gasteiger partial charge in [-0.3, -0.25) is 14.4 Å². The number of nitrogens with zero attached hydrogens (tertiary/aromatic N) is 1. The SMILES string of the molecule is CCC[C@@H]1C=C[C@H]2[C@H](C(=O)N(CCCO)[C@@H]2C(=O)Nc2cc(C)ccc2C)[C@@H]1C(=O)OCC. The molecule has 1 fully saturated rings. The molecule has 0 bridgehead atoms. The molecule has 5 atom stereocenters. The van der Waals surface area contributed by atoms with Gasteiger partial charge in [-0.05, 0) is 56.7 Å². The molecule has 1 aliphatic heterocycles. The van der Waals surface area contributed by atoms with Gasteiger partial charge in [0.1, 0.15) is 6.04 Å². The fraction of sp³-hybridized carbons (Fsp3) is 0.577. The van der Waals surface area contributed by atoms with Gasteiger partial charge in [-0.15, -0.1) is 0 Å². The summed E-state index contributed by atoms with van der Waals surface area (Å²) in [6.07, 6.45) is 5.95. The topological polar surface area (TPSA) is 95.9 Å². The number of rotatable bonds is 9. The predicted molar refractivity (Wildman–Crippen MR) is 126 cm³/mol. The molecule has 1 saturated heterocycles. The Morgan fingerprint density at radius 1 is 1.18 bits per heavy atom. The molecule has 180 valence electrons. The lowest BCUT2D eigenvalue weighted by molar-refractivity contribution is -0.155. The molecular weight excluding hydrogens is 420 g/mol. The van der Waals surface area contributed by atoms with Crippen molar-refractivity contribution in [3.05, 3.63) is 41.5 Å². The number of carbonyl (C=O) groups is 3. The van der Waals surface area contributed by atoms with Crippen molar-refractivity contribution in [1.29, 1.82) is 0 Å². The standard InChI is InChI=1S/C26H36N2O5/c1-5-8-18-11-12-19-22(21(18)26(32)33-6-2)25(31)28(13-7-14-29)23(19)24(30)27-20-15-16(3)9-10-17(20)4/h9-12,15,18-19,21-23,29H,5-8,13-14H2,1-4H3,(H,27,30)/t18-,19+,21-,22+,23+/m1/s1. The lowest BCUT2D eigenvalue weighted by Crippen LogP contribution is -2.45. The maximum absolute atomic E-state index is 13.6. The van der Waals surface area contributed by atoms with Crippen LogP contribution in [0.5, 0.6) is 0 Å². The number of hydrogen-bond acceptors (Lipinski definition) is 5. The van der Waals surface area contributed by atoms with Crippen LogP contribution in [0.4, 0.5) is 5.69 Å². The van der Waals surface area contributed by atoms with Crippen LogP contribution in [0.25, 0.3) is 0 Å². The number of esters is 1. The summed E-state index contributed by atoms with van der Waals surface area (Å²) in [5.74, 6) is -2.63. The average molecular weight is 457 g/mol. The minimum absolute atomic E-state index is 0.0833. The van der Waals surface area contributed by atoms with Crippen molar-refractivity contribution in [2.24, 2.45) is 23.7 Å². The Labute approximate surface area is 196 Å². The largest absolute Gasteiger partial charge is 0.466 e. The van der Waals surface area contributed by atoms with Crippen LogP contribution in [0, 0.1) is 37.5 Å². The number of allylic oxidation sites excluding steroid dienone is 1. The molecule has 1 aromatic carbocycles. The van der Waals surface area contributed by atoms with Gasteiger partial charge in [-0.1, -0.05) is 37.6 Å². The normalized spacial score (nSPS) is 26.3. The molecule has 2 aliphatic rings. The highest BCUT2D eigenvalue weighted by atomic mass is 16.5. The van der Waals surface area contributed by atoms with E-state index in [1.54, 1.807) is 11.8 Å². The van der Waals surface area contributed by atoms with Crippen LogP contribution in [-0.4, -0.2) is 53.6 Å². The zero-order valence-electron chi connectivity index (χ0n) is 20.0. The molecule has 0 radical (unpaired) electrons. The van der Waals surface area contributed by atoms with E-state index in [-0.39, 0.29) is 43.5 Å². The van der Waals surface area contributed by atoms with Gasteiger partial charge in [-0.2, -0.15) is 0 Å². The van der Waals surface area contributed by atoms with Crippen molar-refractivity contribution in [1.82, 2.24) is 4.90 Å². The Morgan fingerprint density at radius 2 is 1.94 bits per heavy atom. The summed E-state index contributed by atoms with van der Waals surface area (Å²) >= 11 is 0. The number of aliphatic hydroxyl groups excluding tert-OH is 1. The molecule has 3 rings (SSSR count). The van der Waals surface area contributed by atoms with Gasteiger partial charge < -0.3 is 20.1 Å². The average Bonchev–Trinajstić information content (AvgIpc) is 3.06. The van der Waals surface area contributed by atoms with E-state index in [2.05, 4.69) is 5.32 Å². The van der Waals surface area contributed by atoms with Crippen LogP contribution >= 0.6 is 0 Å². The molecule has 1 aromatic rings. The van der Waals surface area contributed by atoms with Crippen molar-refractivity contribution in [3.63, 3.8) is 0 Å². The first-order chi connectivity index (χ1) is 15.8. The molecule has 7 heteroatoms. The van der Waals surface area contributed by atoms with Crippen LogP contribution < -0.4 is 5.32 Å². The second kappa shape index (κ2) is 11.0. The second-order valence-corrected chi connectivity index (χ2v) is 9.08. The number of likely N-dealkylation sites (tertiary alicyclic amines) is 1. The lowest BCUT2D eigenvalue weighted by atomic mass is 9.69. The molecule has 2 amide bonds. The number of aliphatic hydroxyl groups is 1. The Morgan fingerprint density at radius 3 is 2.61 bits per heavy atom. The van der Waals surface area contributed by atoms with Gasteiger partial charge >= 0.3 is 5.97 Å². The van der Waals surface area contributed by atoms with Crippen molar-refractivity contribution >= 4 is 23.5 Å². The Balaban J connectivity index is 1.98. The summed E-state index contributed by atoms with van der Waals surface area (Å²) in [7, 11) is 0. The number of carbonyl (C=O) groups excluding carboxylic acids is 3. The molecule has 1 aliphatic carbocycles. The minimum Gasteiger partial charge on any atom is -0.466 e. The number of benzene rings is 1. The van der Waals surface area contributed by atoms with Gasteiger partial charge in [-0.25, -0.2) is 0 Å². The van der Waals surface area contributed by atoms with Crippen LogP contribution in [0.1, 0.15) is 44.2 Å². The molecule has 0 saturated carbocycles. The van der Waals surface area contributed by atoms with Crippen LogP contribution in [0.15, 0.2) is 30.4 Å². The molecule has 33 heavy (non-hydrogen) atoms. The minimum atomic E-state index is -0.746. The van der Waals surface area contributed by atoms with Gasteiger partial charge in [0, 0.05) is 24.8 Å². The number of ether oxygens (including phenoxy) is 1. The number of hydrogen-bond donors (Lipinski definition) is 2. The monoisotopic (exact) mass is 456 g/mol. The number of nitrogens with one attached hydrogen (secondary N) is 1. The van der Waals surface area contributed by atoms with Crippen LogP contribution in [0.3, 0.4) is 0 Å². The number of aryl methyl sites for hydroxylation is 2. The van der Waals surface area contributed by atoms with E-state index in [1.807, 2.05) is 51.1 Å². The first-order valence-corrected chi connectivity index (χ1v) is 12.0. The fourth-order valence-electron chi connectivity index (χ4n) is 5.23. The maximum Gasteiger partial charge on any atom is 0.310 e. The summed E-state index contributed by atoms with van der Waals surface area (Å²) in [5.41, 5.74) is 2.67. The third-order valence-electron chi connectivity index (χ3n) is 6.77. The third kappa shape index (κ3) is 5.13. The summed E-state index contributed by atoms with van der Waals surface area (Å²) in [5, 5.41) is 12.4. The first kappa shape index (κ1) is 25.0. The van der Waals surface area contributed by atoms with E-state index in [0.29, 0.717) is 12.1 Å². The summed E-state index contributed by atoms with van der Waals surface area (Å²) in [6, 6.07) is 5.10. The van der Waals surface area contributed by atoms with E-state index in [4.69, 9.17) is 4.74 Å². The van der Waals surface area contributed by atoms with E-state index in [0.717, 1.165) is 24.0 Å². The molecule has 1 heterocycles. The molecule has 2 N–H and O–H groups in total. The molecule has 0 aromatic heterocycles. The number of amides is 2. The van der Waals surface area contributed by atoms with Crippen molar-refractivity contribution < 1.29 is 24.2 Å². The van der Waals surface area contributed by atoms with Crippen molar-refractivity contribution in [3.8, 4) is 0 Å². The second-order valence-electron chi connectivity index (χ2n) is 9.08. The Bertz CT molecular complexity index is 912. The van der Waals surface area contributed by atoms with Gasteiger partial charge in [0.2, 0.25) is 11.8 Å². The molecular formula is C26H36N2O5. The van der Waals surface area contributed by atoms with Gasteiger partial charge in [0.25, 0.3) is 0 Å². The van der Waals surface area contributed by atoms with Crippen LogP contribution in [-0.2, 0) is 19.1 Å². The summed E-state index contributed by atoms with van der Waals surface area (Å²) in [4.78, 5) is 41.7. The van der Waals surface area contributed by atoms with Gasteiger partial charge in [0.15, 0.2) is 0 Å². The Hall–Kier alpha value is -2.67. The molecule has 0 unspecified atom stereocenters. The predicted octanol–water partition coefficient (Wildman–Crippen LogP) is 3.23. The summed E-state index contributed by atoms with van der Waals surface area (Å²) in [6.45, 7) is 8.11. The van der Waals surface area contributed by atoms with Crippen molar-refractivity contribution in [2.75, 3.05) is 25.1 Å². The quantitative estimate of drug-likeness (QED) is 0.439. The van der Waals surface area contributed by atoms with E-state index in [9.17, 15) is 19.5 Å². The van der Waals surface area contributed by atoms with Gasteiger partial charge in [0.05, 0.1) is 18.4 Å². The lowest BCUT2D eigenvalue weighted by Gasteiger charge is -2.33. The Kier molecular flexibility index (Phi) is 8.30. The fourth-order valence-corrected chi connectivity index (χ4v) is 5.23. The number of anilines is 1. The van der Waals surface area contributed by atoms with Crippen molar-refractivity contribution in [2.45, 2.75) is 53.0 Å². The van der Waals surface area contributed by atoms with Crippen LogP contribution in [0.2, 0.25) is 0 Å². The van der Waals surface area contributed by atoms with E-state index >= 15 is 0 Å². The zero-order chi connectivity index (χ0) is 24.1. The van der Waals surface area contributed by atoms with E-state index < -0.39 is 23.8 Å². The number of fused-ring (bicyclic) bond motifs is 1. The molecule has 7 nitrogen and oxygen atoms in total. The first-order valence-electron chi connectivity index (χ1n) is 12.0. The zero-order valence-corrected chi connectivity index (χ0v) is 20.0. The maximum atomic E-state index is 13.6. The highest BCUT2D eigenvalue weighted by Gasteiger charge is 2.57. The smallest absolute Gasteiger partial charge is 0.310 e. The highest BCUT2D eigenvalue weighted by molar-refractivity contribution is 6.02. The summed E-state index contributed by atoms with van der Waals surface area (Å²) < 4.78 is 5.37.